The standard InChI is InChI=1S/C15H17BrF2N2O2/c1-9(3-10(2)16)11-12(22)19-15(20(11)8-21)6-13(7-15)4-14(17,18)5-13/h3,8H,4-7H2,1-2H3,(H,19,22)/b10-3+,11-9-. The summed E-state index contributed by atoms with van der Waals surface area (Å²) in [6.07, 6.45) is 2.88. The number of carbonyl (C=O) groups is 2. The second-order valence-electron chi connectivity index (χ2n) is 6.79. The summed E-state index contributed by atoms with van der Waals surface area (Å²) < 4.78 is 27.1. The Labute approximate surface area is 135 Å². The van der Waals surface area contributed by atoms with Crippen molar-refractivity contribution in [3.05, 3.63) is 21.8 Å². The number of nitrogens with one attached hydrogen (secondary N) is 1. The summed E-state index contributed by atoms with van der Waals surface area (Å²) in [4.78, 5) is 25.2. The fourth-order valence-corrected chi connectivity index (χ4v) is 4.63. The van der Waals surface area contributed by atoms with E-state index >= 15 is 0 Å². The maximum absolute atomic E-state index is 13.1. The monoisotopic (exact) mass is 374 g/mol. The minimum absolute atomic E-state index is 0.150. The highest BCUT2D eigenvalue weighted by Gasteiger charge is 2.70. The van der Waals surface area contributed by atoms with E-state index in [-0.39, 0.29) is 18.7 Å². The molecule has 3 fully saturated rings. The Hall–Kier alpha value is -1.24. The van der Waals surface area contributed by atoms with Crippen molar-refractivity contribution in [1.29, 1.82) is 0 Å². The third-order valence-corrected chi connectivity index (χ3v) is 4.99. The molecule has 0 aromatic heterocycles. The molecule has 0 unspecified atom stereocenters. The van der Waals surface area contributed by atoms with Crippen molar-refractivity contribution in [3.8, 4) is 0 Å². The second kappa shape index (κ2) is 4.63. The molecule has 2 spiro atoms. The van der Waals surface area contributed by atoms with Gasteiger partial charge >= 0.3 is 0 Å². The molecule has 1 aliphatic heterocycles. The molecule has 1 heterocycles. The Morgan fingerprint density at radius 2 is 1.86 bits per heavy atom. The molecule has 120 valence electrons. The van der Waals surface area contributed by atoms with Crippen LogP contribution >= 0.6 is 15.9 Å². The highest BCUT2D eigenvalue weighted by atomic mass is 79.9. The Morgan fingerprint density at radius 1 is 1.27 bits per heavy atom. The minimum Gasteiger partial charge on any atom is -0.327 e. The topological polar surface area (TPSA) is 49.4 Å². The summed E-state index contributed by atoms with van der Waals surface area (Å²) in [6, 6.07) is 0. The second-order valence-corrected chi connectivity index (χ2v) is 8.04. The lowest BCUT2D eigenvalue weighted by molar-refractivity contribution is -0.230. The first-order valence-electron chi connectivity index (χ1n) is 7.12. The molecular formula is C15H17BrF2N2O2. The van der Waals surface area contributed by atoms with Crippen LogP contribution in [-0.2, 0) is 9.59 Å². The molecule has 22 heavy (non-hydrogen) atoms. The molecule has 1 saturated heterocycles. The summed E-state index contributed by atoms with van der Waals surface area (Å²) in [5, 5.41) is 2.83. The molecular weight excluding hydrogens is 358 g/mol. The van der Waals surface area contributed by atoms with Gasteiger partial charge in [-0.3, -0.25) is 14.5 Å². The summed E-state index contributed by atoms with van der Waals surface area (Å²) in [6.45, 7) is 3.58. The number of amides is 2. The molecule has 7 heteroatoms. The lowest BCUT2D eigenvalue weighted by Gasteiger charge is -2.62. The van der Waals surface area contributed by atoms with Crippen molar-refractivity contribution in [2.24, 2.45) is 5.41 Å². The zero-order valence-electron chi connectivity index (χ0n) is 12.4. The fraction of sp³-hybridized carbons (Fsp3) is 0.600. The van der Waals surface area contributed by atoms with E-state index < -0.39 is 17.0 Å². The van der Waals surface area contributed by atoms with Crippen LogP contribution < -0.4 is 5.32 Å². The molecule has 0 aromatic carbocycles. The van der Waals surface area contributed by atoms with Gasteiger partial charge in [-0.1, -0.05) is 15.9 Å². The lowest BCUT2D eigenvalue weighted by atomic mass is 9.49. The first kappa shape index (κ1) is 15.6. The van der Waals surface area contributed by atoms with Gasteiger partial charge in [-0.05, 0) is 48.2 Å². The van der Waals surface area contributed by atoms with Crippen molar-refractivity contribution in [3.63, 3.8) is 0 Å². The van der Waals surface area contributed by atoms with Gasteiger partial charge in [0.2, 0.25) is 12.3 Å². The number of halogens is 3. The molecule has 3 aliphatic rings. The van der Waals surface area contributed by atoms with Gasteiger partial charge in [0.25, 0.3) is 5.91 Å². The number of nitrogens with zero attached hydrogens (tertiary/aromatic N) is 1. The van der Waals surface area contributed by atoms with Crippen LogP contribution in [0.25, 0.3) is 0 Å². The maximum atomic E-state index is 13.1. The zero-order valence-corrected chi connectivity index (χ0v) is 14.0. The molecule has 0 aromatic rings. The first-order valence-corrected chi connectivity index (χ1v) is 7.91. The van der Waals surface area contributed by atoms with Gasteiger partial charge in [0.05, 0.1) is 0 Å². The predicted molar refractivity (Wildman–Crippen MR) is 80.0 cm³/mol. The van der Waals surface area contributed by atoms with Crippen LogP contribution in [0.3, 0.4) is 0 Å². The number of hydrogen-bond donors (Lipinski definition) is 1. The summed E-state index contributed by atoms with van der Waals surface area (Å²) in [7, 11) is 0. The van der Waals surface area contributed by atoms with Gasteiger partial charge in [-0.15, -0.1) is 0 Å². The van der Waals surface area contributed by atoms with Gasteiger partial charge in [-0.2, -0.15) is 0 Å². The molecule has 2 saturated carbocycles. The highest BCUT2D eigenvalue weighted by Crippen LogP contribution is 2.67. The molecule has 3 rings (SSSR count). The van der Waals surface area contributed by atoms with Crippen LogP contribution in [0.15, 0.2) is 21.8 Å². The molecule has 0 bridgehead atoms. The van der Waals surface area contributed by atoms with Gasteiger partial charge in [-0.25, -0.2) is 8.78 Å². The smallest absolute Gasteiger partial charge is 0.270 e. The summed E-state index contributed by atoms with van der Waals surface area (Å²) >= 11 is 3.30. The SMILES string of the molecule is CC(/C=C(\C)Br)=C1\C(=O)NC2(CC3(CC(F)(F)C3)C2)N1C=O. The first-order chi connectivity index (χ1) is 10.1. The van der Waals surface area contributed by atoms with E-state index in [1.165, 1.54) is 4.90 Å². The molecule has 4 nitrogen and oxygen atoms in total. The summed E-state index contributed by atoms with van der Waals surface area (Å²) in [5.74, 6) is -2.92. The number of alkyl halides is 2. The molecule has 1 N–H and O–H groups in total. The largest absolute Gasteiger partial charge is 0.327 e. The Balaban J connectivity index is 1.86. The van der Waals surface area contributed by atoms with Crippen molar-refractivity contribution in [2.45, 2.75) is 51.1 Å². The van der Waals surface area contributed by atoms with Crippen LogP contribution in [-0.4, -0.2) is 28.8 Å². The predicted octanol–water partition coefficient (Wildman–Crippen LogP) is 3.05. The van der Waals surface area contributed by atoms with Crippen LogP contribution in [0.5, 0.6) is 0 Å². The van der Waals surface area contributed by atoms with Gasteiger partial charge < -0.3 is 5.32 Å². The van der Waals surface area contributed by atoms with Crippen LogP contribution in [0.1, 0.15) is 39.5 Å². The normalized spacial score (nSPS) is 30.0. The van der Waals surface area contributed by atoms with E-state index in [0.717, 1.165) is 4.48 Å². The van der Waals surface area contributed by atoms with Crippen LogP contribution in [0, 0.1) is 5.41 Å². The van der Waals surface area contributed by atoms with E-state index in [4.69, 9.17) is 0 Å². The fourth-order valence-electron chi connectivity index (χ4n) is 4.29. The molecule has 0 radical (unpaired) electrons. The van der Waals surface area contributed by atoms with Gasteiger partial charge in [0.15, 0.2) is 0 Å². The number of rotatable bonds is 2. The van der Waals surface area contributed by atoms with Crippen molar-refractivity contribution >= 4 is 28.2 Å². The minimum atomic E-state index is -2.60. The highest BCUT2D eigenvalue weighted by molar-refractivity contribution is 9.11. The Bertz CT molecular complexity index is 607. The van der Waals surface area contributed by atoms with E-state index in [1.807, 2.05) is 6.92 Å². The van der Waals surface area contributed by atoms with E-state index in [0.29, 0.717) is 30.5 Å². The van der Waals surface area contributed by atoms with Crippen molar-refractivity contribution < 1.29 is 18.4 Å². The van der Waals surface area contributed by atoms with E-state index in [2.05, 4.69) is 21.2 Å². The number of hydrogen-bond acceptors (Lipinski definition) is 2. The average Bonchev–Trinajstić information content (AvgIpc) is 2.57. The van der Waals surface area contributed by atoms with Gasteiger partial charge in [0, 0.05) is 12.8 Å². The number of carbonyl (C=O) groups excluding carboxylic acids is 2. The summed E-state index contributed by atoms with van der Waals surface area (Å²) in [5.41, 5.74) is -0.284. The van der Waals surface area contributed by atoms with E-state index in [9.17, 15) is 18.4 Å². The number of allylic oxidation sites excluding steroid dienone is 3. The average molecular weight is 375 g/mol. The Morgan fingerprint density at radius 3 is 2.32 bits per heavy atom. The molecule has 0 atom stereocenters. The molecule has 2 amide bonds. The third-order valence-electron chi connectivity index (χ3n) is 4.76. The quantitative estimate of drug-likeness (QED) is 0.596. The van der Waals surface area contributed by atoms with Crippen molar-refractivity contribution in [1.82, 2.24) is 10.2 Å². The maximum Gasteiger partial charge on any atom is 0.270 e. The Kier molecular flexibility index (Phi) is 3.29. The third kappa shape index (κ3) is 2.21. The molecule has 2 aliphatic carbocycles. The lowest BCUT2D eigenvalue weighted by Crippen LogP contribution is -2.69. The van der Waals surface area contributed by atoms with Crippen LogP contribution in [0.4, 0.5) is 8.78 Å². The van der Waals surface area contributed by atoms with Crippen LogP contribution in [0.2, 0.25) is 0 Å². The zero-order chi connectivity index (χ0) is 16.3. The van der Waals surface area contributed by atoms with E-state index in [1.54, 1.807) is 13.0 Å². The van der Waals surface area contributed by atoms with Crippen molar-refractivity contribution in [2.75, 3.05) is 0 Å². The van der Waals surface area contributed by atoms with Gasteiger partial charge in [0.1, 0.15) is 11.4 Å².